The van der Waals surface area contributed by atoms with Crippen LogP contribution < -0.4 is 5.32 Å². The smallest absolute Gasteiger partial charge is 0.175 e. The van der Waals surface area contributed by atoms with Crippen LogP contribution in [0.4, 0.5) is 0 Å². The van der Waals surface area contributed by atoms with Crippen LogP contribution in [0.5, 0.6) is 0 Å². The molecule has 1 rings (SSSR count). The molecule has 0 spiro atoms. The molecule has 6 heteroatoms. The molecule has 0 amide bonds. The summed E-state index contributed by atoms with van der Waals surface area (Å²) in [7, 11) is 0.0484. The summed E-state index contributed by atoms with van der Waals surface area (Å²) in [5, 5.41) is 3.26. The van der Waals surface area contributed by atoms with E-state index >= 15 is 0 Å². The molecule has 0 aliphatic carbocycles. The summed E-state index contributed by atoms with van der Waals surface area (Å²) in [5.74, 6) is 0. The first-order valence-corrected chi connectivity index (χ1v) is 7.85. The van der Waals surface area contributed by atoms with Crippen LogP contribution in [0, 0.1) is 0 Å². The van der Waals surface area contributed by atoms with E-state index in [-0.39, 0.29) is 12.3 Å². The lowest BCUT2D eigenvalue weighted by atomic mass is 10.2. The maximum Gasteiger partial charge on any atom is 0.175 e. The van der Waals surface area contributed by atoms with E-state index in [0.717, 1.165) is 5.56 Å². The maximum atomic E-state index is 11.3. The zero-order valence-electron chi connectivity index (χ0n) is 11.7. The molecule has 1 N–H and O–H groups in total. The maximum absolute atomic E-state index is 11.3. The minimum Gasteiger partial charge on any atom is -0.354 e. The predicted octanol–water partition coefficient (Wildman–Crippen LogP) is 1.19. The molecule has 0 radical (unpaired) electrons. The van der Waals surface area contributed by atoms with Gasteiger partial charge in [0.25, 0.3) is 0 Å². The molecule has 1 atom stereocenters. The molecule has 19 heavy (non-hydrogen) atoms. The molecule has 0 saturated heterocycles. The van der Waals surface area contributed by atoms with E-state index in [0.29, 0.717) is 11.4 Å². The highest BCUT2D eigenvalue weighted by Crippen LogP contribution is 2.10. The Morgan fingerprint density at radius 1 is 1.16 bits per heavy atom. The molecule has 0 saturated carbocycles. The molecule has 0 heterocycles. The van der Waals surface area contributed by atoms with E-state index in [2.05, 4.69) is 5.32 Å². The van der Waals surface area contributed by atoms with Gasteiger partial charge in [0.05, 0.1) is 10.9 Å². The Hall–Kier alpha value is -0.950. The molecule has 1 aromatic rings. The van der Waals surface area contributed by atoms with E-state index in [1.54, 1.807) is 38.5 Å². The Morgan fingerprint density at radius 2 is 1.68 bits per heavy atom. The van der Waals surface area contributed by atoms with Gasteiger partial charge in [-0.25, -0.2) is 8.42 Å². The molecule has 0 fully saturated rings. The number of hydrogen-bond donors (Lipinski definition) is 1. The number of hydrogen-bond acceptors (Lipinski definition) is 5. The van der Waals surface area contributed by atoms with Crippen molar-refractivity contribution in [3.8, 4) is 0 Å². The fraction of sp³-hybridized carbons (Fsp3) is 0.538. The van der Waals surface area contributed by atoms with Crippen molar-refractivity contribution in [3.05, 3.63) is 29.8 Å². The van der Waals surface area contributed by atoms with Gasteiger partial charge >= 0.3 is 0 Å². The Labute approximate surface area is 114 Å². The SMILES string of the molecule is COC(OC)C(C)NCc1ccc(S(C)(=O)=O)cc1. The van der Waals surface area contributed by atoms with Gasteiger partial charge in [0.1, 0.15) is 0 Å². The number of sulfone groups is 1. The fourth-order valence-corrected chi connectivity index (χ4v) is 2.36. The topological polar surface area (TPSA) is 64.6 Å². The van der Waals surface area contributed by atoms with E-state index in [9.17, 15) is 8.42 Å². The van der Waals surface area contributed by atoms with Crippen molar-refractivity contribution in [3.63, 3.8) is 0 Å². The highest BCUT2D eigenvalue weighted by molar-refractivity contribution is 7.90. The summed E-state index contributed by atoms with van der Waals surface area (Å²) >= 11 is 0. The van der Waals surface area contributed by atoms with Gasteiger partial charge in [-0.3, -0.25) is 0 Å². The third kappa shape index (κ3) is 4.91. The van der Waals surface area contributed by atoms with Crippen LogP contribution >= 0.6 is 0 Å². The predicted molar refractivity (Wildman–Crippen MR) is 73.7 cm³/mol. The van der Waals surface area contributed by atoms with Crippen molar-refractivity contribution >= 4 is 9.84 Å². The quantitative estimate of drug-likeness (QED) is 0.763. The van der Waals surface area contributed by atoms with E-state index in [1.807, 2.05) is 6.92 Å². The van der Waals surface area contributed by atoms with Crippen molar-refractivity contribution in [1.82, 2.24) is 5.32 Å². The summed E-state index contributed by atoms with van der Waals surface area (Å²) in [6.45, 7) is 2.58. The summed E-state index contributed by atoms with van der Waals surface area (Å²) in [5.41, 5.74) is 1.00. The van der Waals surface area contributed by atoms with Crippen LogP contribution in [0.25, 0.3) is 0 Å². The number of methoxy groups -OCH3 is 2. The van der Waals surface area contributed by atoms with E-state index in [4.69, 9.17) is 9.47 Å². The Kier molecular flexibility index (Phi) is 5.93. The lowest BCUT2D eigenvalue weighted by molar-refractivity contribution is -0.119. The summed E-state index contributed by atoms with van der Waals surface area (Å²) < 4.78 is 33.0. The van der Waals surface area contributed by atoms with Crippen molar-refractivity contribution in [1.29, 1.82) is 0 Å². The lowest BCUT2D eigenvalue weighted by Crippen LogP contribution is -2.39. The zero-order valence-corrected chi connectivity index (χ0v) is 12.5. The van der Waals surface area contributed by atoms with Gasteiger partial charge in [-0.15, -0.1) is 0 Å². The average Bonchev–Trinajstić information content (AvgIpc) is 2.37. The zero-order chi connectivity index (χ0) is 14.5. The minimum absolute atomic E-state index is 0.0320. The molecule has 108 valence electrons. The van der Waals surface area contributed by atoms with Crippen molar-refractivity contribution < 1.29 is 17.9 Å². The second-order valence-corrected chi connectivity index (χ2v) is 6.44. The van der Waals surface area contributed by atoms with Crippen LogP contribution in [0.3, 0.4) is 0 Å². The Bertz CT molecular complexity index is 480. The second-order valence-electron chi connectivity index (χ2n) is 4.43. The molecule has 0 aliphatic rings. The molecular formula is C13H21NO4S. The summed E-state index contributed by atoms with van der Waals surface area (Å²) in [6.07, 6.45) is 0.889. The van der Waals surface area contributed by atoms with Gasteiger partial charge in [-0.05, 0) is 24.6 Å². The first-order chi connectivity index (χ1) is 8.88. The minimum atomic E-state index is -3.13. The summed E-state index contributed by atoms with van der Waals surface area (Å²) in [6, 6.07) is 6.85. The molecular weight excluding hydrogens is 266 g/mol. The lowest BCUT2D eigenvalue weighted by Gasteiger charge is -2.22. The van der Waals surface area contributed by atoms with Gasteiger partial charge < -0.3 is 14.8 Å². The highest BCUT2D eigenvalue weighted by Gasteiger charge is 2.14. The number of rotatable bonds is 7. The van der Waals surface area contributed by atoms with Crippen LogP contribution in [-0.4, -0.2) is 41.2 Å². The monoisotopic (exact) mass is 287 g/mol. The van der Waals surface area contributed by atoms with Crippen molar-refractivity contribution in [2.24, 2.45) is 0 Å². The summed E-state index contributed by atoms with van der Waals surface area (Å²) in [4.78, 5) is 0.330. The van der Waals surface area contributed by atoms with Crippen LogP contribution in [0.15, 0.2) is 29.2 Å². The van der Waals surface area contributed by atoms with Crippen LogP contribution in [-0.2, 0) is 25.9 Å². The Morgan fingerprint density at radius 3 is 2.11 bits per heavy atom. The number of benzene rings is 1. The van der Waals surface area contributed by atoms with Crippen LogP contribution in [0.1, 0.15) is 12.5 Å². The third-order valence-electron chi connectivity index (χ3n) is 2.85. The normalized spacial score (nSPS) is 13.7. The highest BCUT2D eigenvalue weighted by atomic mass is 32.2. The fourth-order valence-electron chi connectivity index (χ4n) is 1.73. The molecule has 1 unspecified atom stereocenters. The first kappa shape index (κ1) is 16.1. The van der Waals surface area contributed by atoms with Crippen LogP contribution in [0.2, 0.25) is 0 Å². The standard InChI is InChI=1S/C13H21NO4S/c1-10(13(17-2)18-3)14-9-11-5-7-12(8-6-11)19(4,15)16/h5-8,10,13-14H,9H2,1-4H3. The average molecular weight is 287 g/mol. The van der Waals surface area contributed by atoms with Gasteiger partial charge in [-0.1, -0.05) is 12.1 Å². The van der Waals surface area contributed by atoms with E-state index < -0.39 is 9.84 Å². The largest absolute Gasteiger partial charge is 0.354 e. The van der Waals surface area contributed by atoms with E-state index in [1.165, 1.54) is 6.26 Å². The van der Waals surface area contributed by atoms with Crippen molar-refractivity contribution in [2.45, 2.75) is 30.7 Å². The third-order valence-corrected chi connectivity index (χ3v) is 3.98. The van der Waals surface area contributed by atoms with Gasteiger partial charge in [-0.2, -0.15) is 0 Å². The number of ether oxygens (including phenoxy) is 2. The molecule has 0 aromatic heterocycles. The Balaban J connectivity index is 2.60. The second kappa shape index (κ2) is 7.00. The van der Waals surface area contributed by atoms with Gasteiger partial charge in [0.15, 0.2) is 16.1 Å². The number of nitrogens with one attached hydrogen (secondary N) is 1. The van der Waals surface area contributed by atoms with Gasteiger partial charge in [0.2, 0.25) is 0 Å². The first-order valence-electron chi connectivity index (χ1n) is 5.96. The molecule has 0 bridgehead atoms. The van der Waals surface area contributed by atoms with Crippen molar-refractivity contribution in [2.75, 3.05) is 20.5 Å². The molecule has 0 aliphatic heterocycles. The molecule has 1 aromatic carbocycles. The van der Waals surface area contributed by atoms with Gasteiger partial charge in [0, 0.05) is 27.0 Å². The molecule has 5 nitrogen and oxygen atoms in total.